The van der Waals surface area contributed by atoms with Crippen molar-refractivity contribution in [3.8, 4) is 0 Å². The van der Waals surface area contributed by atoms with Crippen LogP contribution in [0.4, 0.5) is 0 Å². The Bertz CT molecular complexity index is 494. The second-order valence-corrected chi connectivity index (χ2v) is 4.52. The predicted octanol–water partition coefficient (Wildman–Crippen LogP) is -0.0570. The molecule has 1 rings (SSSR count). The van der Waals surface area contributed by atoms with Crippen LogP contribution in [0.15, 0.2) is 10.2 Å². The molecule has 1 saturated carbocycles. The molecule has 1 aliphatic carbocycles. The van der Waals surface area contributed by atoms with E-state index in [-0.39, 0.29) is 0 Å². The smallest absolute Gasteiger partial charge is 0.303 e. The van der Waals surface area contributed by atoms with Crippen LogP contribution in [0.5, 0.6) is 0 Å². The molecule has 1 aliphatic rings. The van der Waals surface area contributed by atoms with Crippen molar-refractivity contribution in [2.24, 2.45) is 10.2 Å². The number of ether oxygens (including phenoxy) is 2. The van der Waals surface area contributed by atoms with Crippen LogP contribution in [0.1, 0.15) is 13.8 Å². The first-order valence-electron chi connectivity index (χ1n) is 6.12. The van der Waals surface area contributed by atoms with Gasteiger partial charge in [-0.1, -0.05) is 10.2 Å². The molecule has 0 saturated heterocycles. The van der Waals surface area contributed by atoms with Crippen LogP contribution in [-0.2, 0) is 19.1 Å². The normalized spacial score (nSPS) is 33.8. The van der Waals surface area contributed by atoms with Crippen molar-refractivity contribution >= 4 is 11.9 Å². The van der Waals surface area contributed by atoms with Crippen LogP contribution in [0.25, 0.3) is 20.9 Å². The van der Waals surface area contributed by atoms with Crippen molar-refractivity contribution in [2.45, 2.75) is 50.3 Å². The fourth-order valence-corrected chi connectivity index (χ4v) is 2.23. The molecular weight excluding hydrogens is 300 g/mol. The van der Waals surface area contributed by atoms with Gasteiger partial charge in [0.2, 0.25) is 0 Å². The number of esters is 2. The van der Waals surface area contributed by atoms with Crippen LogP contribution in [-0.4, -0.2) is 58.7 Å². The zero-order valence-electron chi connectivity index (χ0n) is 11.7. The average Bonchev–Trinajstić information content (AvgIpc) is 2.43. The van der Waals surface area contributed by atoms with E-state index in [0.29, 0.717) is 0 Å². The Labute approximate surface area is 123 Å². The van der Waals surface area contributed by atoms with Crippen molar-refractivity contribution in [1.82, 2.24) is 0 Å². The summed E-state index contributed by atoms with van der Waals surface area (Å²) < 4.78 is 9.86. The van der Waals surface area contributed by atoms with E-state index in [4.69, 9.17) is 20.5 Å². The monoisotopic (exact) mass is 314 g/mol. The quantitative estimate of drug-likeness (QED) is 0.316. The Morgan fingerprint density at radius 3 is 1.45 bits per heavy atom. The van der Waals surface area contributed by atoms with Gasteiger partial charge < -0.3 is 19.7 Å². The number of hydrogen-bond acceptors (Lipinski definition) is 8. The molecular formula is C10H14N6O6. The third kappa shape index (κ3) is 3.77. The summed E-state index contributed by atoms with van der Waals surface area (Å²) in [6, 6.07) is -2.84. The molecule has 0 unspecified atom stereocenters. The summed E-state index contributed by atoms with van der Waals surface area (Å²) in [5.41, 5.74) is 17.1. The van der Waals surface area contributed by atoms with Crippen molar-refractivity contribution in [3.63, 3.8) is 0 Å². The van der Waals surface area contributed by atoms with Crippen LogP contribution < -0.4 is 0 Å². The second-order valence-electron chi connectivity index (χ2n) is 4.52. The molecule has 22 heavy (non-hydrogen) atoms. The number of nitrogens with zero attached hydrogens (tertiary/aromatic N) is 6. The maximum atomic E-state index is 11.2. The average molecular weight is 314 g/mol. The third-order valence-electron chi connectivity index (χ3n) is 3.02. The summed E-state index contributed by atoms with van der Waals surface area (Å²) in [5.74, 6) is -1.60. The van der Waals surface area contributed by atoms with Gasteiger partial charge in [0.15, 0.2) is 12.2 Å². The van der Waals surface area contributed by atoms with E-state index in [1.807, 2.05) is 0 Å². The van der Waals surface area contributed by atoms with Gasteiger partial charge in [-0.2, -0.15) is 0 Å². The van der Waals surface area contributed by atoms with Crippen molar-refractivity contribution in [2.75, 3.05) is 0 Å². The number of azide groups is 2. The largest absolute Gasteiger partial charge is 0.458 e. The van der Waals surface area contributed by atoms with Gasteiger partial charge >= 0.3 is 11.9 Å². The van der Waals surface area contributed by atoms with Crippen molar-refractivity contribution < 1.29 is 29.3 Å². The molecule has 0 heterocycles. The molecule has 0 spiro atoms. The van der Waals surface area contributed by atoms with E-state index in [0.717, 1.165) is 13.8 Å². The molecule has 6 atom stereocenters. The highest BCUT2D eigenvalue weighted by atomic mass is 16.6. The number of carbonyl (C=O) groups excluding carboxylic acids is 2. The van der Waals surface area contributed by atoms with Gasteiger partial charge in [0.05, 0.1) is 12.2 Å². The molecule has 1 fully saturated rings. The van der Waals surface area contributed by atoms with Gasteiger partial charge in [-0.05, 0) is 11.1 Å². The van der Waals surface area contributed by atoms with Crippen LogP contribution >= 0.6 is 0 Å². The fourth-order valence-electron chi connectivity index (χ4n) is 2.23. The molecule has 120 valence electrons. The van der Waals surface area contributed by atoms with E-state index < -0.39 is 48.4 Å². The number of aliphatic hydroxyl groups excluding tert-OH is 2. The molecule has 2 N–H and O–H groups in total. The fraction of sp³-hybridized carbons (Fsp3) is 0.800. The lowest BCUT2D eigenvalue weighted by molar-refractivity contribution is -0.189. The molecule has 0 aromatic rings. The Morgan fingerprint density at radius 2 is 1.23 bits per heavy atom. The van der Waals surface area contributed by atoms with Gasteiger partial charge in [0.25, 0.3) is 0 Å². The first-order chi connectivity index (χ1) is 10.3. The minimum atomic E-state index is -1.68. The van der Waals surface area contributed by atoms with Gasteiger partial charge in [0.1, 0.15) is 12.1 Å². The van der Waals surface area contributed by atoms with Crippen molar-refractivity contribution in [3.05, 3.63) is 20.9 Å². The standard InChI is InChI=1S/C10H14N6O6/c1-3(17)21-9-5(13-15-11)7(19)8(20)6(14-16-12)10(9)22-4(2)18/h5-10,19-20H,1-2H3/t5-,6-,7-,8+,9+,10+/m0/s1. The first kappa shape index (κ1) is 17.5. The summed E-state index contributed by atoms with van der Waals surface area (Å²) >= 11 is 0. The zero-order valence-corrected chi connectivity index (χ0v) is 11.7. The highest BCUT2D eigenvalue weighted by Crippen LogP contribution is 2.30. The highest BCUT2D eigenvalue weighted by molar-refractivity contribution is 5.67. The van der Waals surface area contributed by atoms with Crippen LogP contribution in [0.2, 0.25) is 0 Å². The summed E-state index contributed by atoms with van der Waals surface area (Å²) in [6.07, 6.45) is -6.18. The molecule has 0 aliphatic heterocycles. The minimum Gasteiger partial charge on any atom is -0.458 e. The summed E-state index contributed by atoms with van der Waals surface area (Å²) in [4.78, 5) is 27.4. The Hall–Kier alpha value is -2.52. The topological polar surface area (TPSA) is 191 Å². The van der Waals surface area contributed by atoms with Crippen molar-refractivity contribution in [1.29, 1.82) is 0 Å². The zero-order chi connectivity index (χ0) is 16.9. The summed E-state index contributed by atoms with van der Waals surface area (Å²) in [7, 11) is 0. The molecule has 12 heteroatoms. The lowest BCUT2D eigenvalue weighted by Gasteiger charge is -2.43. The van der Waals surface area contributed by atoms with Crippen LogP contribution in [0, 0.1) is 0 Å². The van der Waals surface area contributed by atoms with E-state index >= 15 is 0 Å². The van der Waals surface area contributed by atoms with E-state index in [1.165, 1.54) is 0 Å². The lowest BCUT2D eigenvalue weighted by Crippen LogP contribution is -2.64. The van der Waals surface area contributed by atoms with E-state index in [9.17, 15) is 19.8 Å². The van der Waals surface area contributed by atoms with Gasteiger partial charge in [0, 0.05) is 23.7 Å². The number of rotatable bonds is 4. The number of aliphatic hydroxyl groups is 2. The summed E-state index contributed by atoms with van der Waals surface area (Å²) in [6.45, 7) is 2.11. The van der Waals surface area contributed by atoms with E-state index in [1.54, 1.807) is 0 Å². The Balaban J connectivity index is 3.33. The number of hydrogen-bond donors (Lipinski definition) is 2. The minimum absolute atomic E-state index is 0.802. The van der Waals surface area contributed by atoms with E-state index in [2.05, 4.69) is 20.1 Å². The van der Waals surface area contributed by atoms with Gasteiger partial charge in [-0.25, -0.2) is 0 Å². The summed E-state index contributed by atoms with van der Waals surface area (Å²) in [5, 5.41) is 26.5. The first-order valence-corrected chi connectivity index (χ1v) is 6.12. The van der Waals surface area contributed by atoms with Gasteiger partial charge in [-0.3, -0.25) is 9.59 Å². The molecule has 0 radical (unpaired) electrons. The Morgan fingerprint density at radius 1 is 0.909 bits per heavy atom. The maximum Gasteiger partial charge on any atom is 0.303 e. The maximum absolute atomic E-state index is 11.2. The molecule has 0 amide bonds. The molecule has 0 aromatic heterocycles. The Kier molecular flexibility index (Phi) is 5.96. The van der Waals surface area contributed by atoms with Gasteiger partial charge in [-0.15, -0.1) is 0 Å². The highest BCUT2D eigenvalue weighted by Gasteiger charge is 2.52. The third-order valence-corrected chi connectivity index (χ3v) is 3.02. The molecule has 12 nitrogen and oxygen atoms in total. The lowest BCUT2D eigenvalue weighted by atomic mass is 9.82. The van der Waals surface area contributed by atoms with Crippen LogP contribution in [0.3, 0.4) is 0 Å². The predicted molar refractivity (Wildman–Crippen MR) is 69.0 cm³/mol. The molecule has 0 bridgehead atoms. The number of carbonyl (C=O) groups is 2. The molecule has 0 aromatic carbocycles. The SMILES string of the molecule is CC(=O)O[C@@H]1[C@@H](N=[N+]=[N-])[C@H](O)[C@H](O)[C@H](N=[N+]=[N-])[C@H]1OC(C)=O. The second kappa shape index (κ2) is 7.48.